The average molecular weight is 285 g/mol. The van der Waals surface area contributed by atoms with Gasteiger partial charge in [-0.15, -0.1) is 11.3 Å². The number of thiophene rings is 1. The van der Waals surface area contributed by atoms with Crippen molar-refractivity contribution in [1.82, 2.24) is 9.97 Å². The van der Waals surface area contributed by atoms with Crippen LogP contribution in [0.4, 0.5) is 5.82 Å². The molecule has 0 amide bonds. The van der Waals surface area contributed by atoms with E-state index in [2.05, 4.69) is 32.8 Å². The number of rotatable bonds is 4. The van der Waals surface area contributed by atoms with Gasteiger partial charge in [-0.1, -0.05) is 18.2 Å². The first-order valence-corrected chi connectivity index (χ1v) is 7.33. The third kappa shape index (κ3) is 2.50. The quantitative estimate of drug-likeness (QED) is 0.773. The van der Waals surface area contributed by atoms with Crippen LogP contribution >= 0.6 is 11.3 Å². The Bertz CT molecular complexity index is 739. The van der Waals surface area contributed by atoms with E-state index in [1.54, 1.807) is 11.3 Å². The van der Waals surface area contributed by atoms with Crippen molar-refractivity contribution >= 4 is 27.2 Å². The van der Waals surface area contributed by atoms with Crippen molar-refractivity contribution in [3.05, 3.63) is 41.4 Å². The zero-order valence-corrected chi connectivity index (χ0v) is 11.9. The van der Waals surface area contributed by atoms with Gasteiger partial charge in [0.15, 0.2) is 5.82 Å². The maximum Gasteiger partial charge on any atom is 0.163 e. The first kappa shape index (κ1) is 13.0. The summed E-state index contributed by atoms with van der Waals surface area (Å²) in [5, 5.41) is 15.2. The van der Waals surface area contributed by atoms with Gasteiger partial charge in [-0.2, -0.15) is 0 Å². The molecule has 3 rings (SSSR count). The van der Waals surface area contributed by atoms with Crippen LogP contribution in [-0.4, -0.2) is 28.2 Å². The third-order valence-electron chi connectivity index (χ3n) is 2.99. The Kier molecular flexibility index (Phi) is 3.62. The Balaban J connectivity index is 2.07. The monoisotopic (exact) mass is 285 g/mol. The minimum atomic E-state index is 0.0831. The summed E-state index contributed by atoms with van der Waals surface area (Å²) < 4.78 is 1.23. The molecule has 0 unspecified atom stereocenters. The van der Waals surface area contributed by atoms with E-state index in [0.717, 1.165) is 22.9 Å². The third-order valence-corrected chi connectivity index (χ3v) is 3.96. The number of aliphatic hydroxyl groups is 1. The van der Waals surface area contributed by atoms with Crippen molar-refractivity contribution in [3.8, 4) is 11.4 Å². The molecule has 0 aliphatic rings. The van der Waals surface area contributed by atoms with E-state index in [0.29, 0.717) is 6.54 Å². The van der Waals surface area contributed by atoms with E-state index < -0.39 is 0 Å². The number of hydrogen-bond acceptors (Lipinski definition) is 5. The minimum absolute atomic E-state index is 0.0831. The van der Waals surface area contributed by atoms with Crippen molar-refractivity contribution < 1.29 is 5.11 Å². The van der Waals surface area contributed by atoms with Crippen LogP contribution in [0.15, 0.2) is 35.7 Å². The lowest BCUT2D eigenvalue weighted by Crippen LogP contribution is -2.08. The smallest absolute Gasteiger partial charge is 0.163 e. The number of fused-ring (bicyclic) bond motifs is 1. The van der Waals surface area contributed by atoms with Crippen molar-refractivity contribution in [3.63, 3.8) is 0 Å². The Morgan fingerprint density at radius 1 is 1.25 bits per heavy atom. The Labute approximate surface area is 121 Å². The fraction of sp³-hybridized carbons (Fsp3) is 0.200. The summed E-state index contributed by atoms with van der Waals surface area (Å²) in [6.45, 7) is 2.52. The van der Waals surface area contributed by atoms with Crippen molar-refractivity contribution in [2.45, 2.75) is 6.92 Å². The summed E-state index contributed by atoms with van der Waals surface area (Å²) in [4.78, 5) is 9.06. The molecule has 102 valence electrons. The van der Waals surface area contributed by atoms with E-state index in [1.807, 2.05) is 25.1 Å². The fourth-order valence-corrected chi connectivity index (χ4v) is 3.05. The molecule has 5 heteroatoms. The average Bonchev–Trinajstić information content (AvgIpc) is 2.88. The van der Waals surface area contributed by atoms with Gasteiger partial charge < -0.3 is 10.4 Å². The number of anilines is 1. The van der Waals surface area contributed by atoms with Crippen LogP contribution < -0.4 is 5.32 Å². The summed E-state index contributed by atoms with van der Waals surface area (Å²) in [7, 11) is 0. The second-order valence-corrected chi connectivity index (χ2v) is 5.43. The van der Waals surface area contributed by atoms with Crippen molar-refractivity contribution in [1.29, 1.82) is 0 Å². The van der Waals surface area contributed by atoms with Gasteiger partial charge in [0.05, 0.1) is 6.61 Å². The molecule has 2 aromatic heterocycles. The summed E-state index contributed by atoms with van der Waals surface area (Å²) in [5.41, 5.74) is 1.96. The summed E-state index contributed by atoms with van der Waals surface area (Å²) in [6, 6.07) is 10.1. The van der Waals surface area contributed by atoms with Crippen LogP contribution in [0.1, 0.15) is 5.69 Å². The molecule has 0 saturated heterocycles. The Morgan fingerprint density at radius 2 is 2.10 bits per heavy atom. The van der Waals surface area contributed by atoms with E-state index in [9.17, 15) is 0 Å². The number of hydrogen-bond donors (Lipinski definition) is 2. The molecule has 0 fully saturated rings. The highest BCUT2D eigenvalue weighted by molar-refractivity contribution is 7.17. The van der Waals surface area contributed by atoms with Gasteiger partial charge in [0.2, 0.25) is 0 Å². The molecule has 0 saturated carbocycles. The molecule has 3 aromatic rings. The van der Waals surface area contributed by atoms with Gasteiger partial charge in [0.1, 0.15) is 5.82 Å². The van der Waals surface area contributed by atoms with E-state index >= 15 is 0 Å². The maximum absolute atomic E-state index is 8.89. The molecule has 20 heavy (non-hydrogen) atoms. The van der Waals surface area contributed by atoms with Gasteiger partial charge in [0, 0.05) is 39.3 Å². The molecule has 0 bridgehead atoms. The number of aliphatic hydroxyl groups excluding tert-OH is 1. The van der Waals surface area contributed by atoms with Crippen molar-refractivity contribution in [2.75, 3.05) is 18.5 Å². The number of nitrogens with one attached hydrogen (secondary N) is 1. The maximum atomic E-state index is 8.89. The molecule has 0 radical (unpaired) electrons. The molecule has 0 aliphatic carbocycles. The number of benzene rings is 1. The zero-order chi connectivity index (χ0) is 13.9. The topological polar surface area (TPSA) is 58.0 Å². The number of nitrogens with zero attached hydrogens (tertiary/aromatic N) is 2. The standard InChI is InChI=1S/C15H15N3OS/c1-10-8-14(16-6-7-19)18-15(17-10)12-9-20-13-5-3-2-4-11(12)13/h2-5,8-9,19H,6-7H2,1H3,(H,16,17,18). The van der Waals surface area contributed by atoms with Gasteiger partial charge in [-0.3, -0.25) is 0 Å². The first-order valence-electron chi connectivity index (χ1n) is 6.45. The second kappa shape index (κ2) is 5.56. The lowest BCUT2D eigenvalue weighted by atomic mass is 10.1. The fourth-order valence-electron chi connectivity index (χ4n) is 2.11. The predicted molar refractivity (Wildman–Crippen MR) is 83.2 cm³/mol. The van der Waals surface area contributed by atoms with Crippen LogP contribution in [-0.2, 0) is 0 Å². The van der Waals surface area contributed by atoms with Crippen LogP contribution in [0.5, 0.6) is 0 Å². The van der Waals surface area contributed by atoms with Gasteiger partial charge in [-0.05, 0) is 13.0 Å². The highest BCUT2D eigenvalue weighted by atomic mass is 32.1. The lowest BCUT2D eigenvalue weighted by molar-refractivity contribution is 0.311. The zero-order valence-electron chi connectivity index (χ0n) is 11.1. The van der Waals surface area contributed by atoms with E-state index in [-0.39, 0.29) is 6.61 Å². The largest absolute Gasteiger partial charge is 0.395 e. The summed E-state index contributed by atoms with van der Waals surface area (Å²) in [5.74, 6) is 1.47. The van der Waals surface area contributed by atoms with Crippen LogP contribution in [0.3, 0.4) is 0 Å². The number of aromatic nitrogens is 2. The van der Waals surface area contributed by atoms with Crippen LogP contribution in [0.2, 0.25) is 0 Å². The SMILES string of the molecule is Cc1cc(NCCO)nc(-c2csc3ccccc23)n1. The number of aryl methyl sites for hydroxylation is 1. The van der Waals surface area contributed by atoms with Gasteiger partial charge in [0.25, 0.3) is 0 Å². The molecular formula is C15H15N3OS. The Morgan fingerprint density at radius 3 is 2.95 bits per heavy atom. The molecule has 0 atom stereocenters. The Hall–Kier alpha value is -1.98. The lowest BCUT2D eigenvalue weighted by Gasteiger charge is -2.07. The molecule has 2 N–H and O–H groups in total. The minimum Gasteiger partial charge on any atom is -0.395 e. The predicted octanol–water partition coefficient (Wildman–Crippen LogP) is 3.07. The summed E-state index contributed by atoms with van der Waals surface area (Å²) in [6.07, 6.45) is 0. The van der Waals surface area contributed by atoms with Crippen molar-refractivity contribution in [2.24, 2.45) is 0 Å². The molecule has 0 aliphatic heterocycles. The van der Waals surface area contributed by atoms with E-state index in [4.69, 9.17) is 5.11 Å². The van der Waals surface area contributed by atoms with Crippen LogP contribution in [0, 0.1) is 6.92 Å². The first-order chi connectivity index (χ1) is 9.78. The molecular weight excluding hydrogens is 270 g/mol. The van der Waals surface area contributed by atoms with E-state index in [1.165, 1.54) is 10.1 Å². The molecule has 1 aromatic carbocycles. The van der Waals surface area contributed by atoms with Gasteiger partial charge >= 0.3 is 0 Å². The van der Waals surface area contributed by atoms with Crippen LogP contribution in [0.25, 0.3) is 21.5 Å². The van der Waals surface area contributed by atoms with Gasteiger partial charge in [-0.25, -0.2) is 9.97 Å². The molecule has 2 heterocycles. The highest BCUT2D eigenvalue weighted by Crippen LogP contribution is 2.32. The highest BCUT2D eigenvalue weighted by Gasteiger charge is 2.10. The molecule has 0 spiro atoms. The second-order valence-electron chi connectivity index (χ2n) is 4.51. The molecule has 4 nitrogen and oxygen atoms in total. The summed E-state index contributed by atoms with van der Waals surface area (Å²) >= 11 is 1.70. The normalized spacial score (nSPS) is 10.9.